The third kappa shape index (κ3) is 1.37. The highest BCUT2D eigenvalue weighted by atomic mass is 79.9. The molecule has 0 unspecified atom stereocenters. The van der Waals surface area contributed by atoms with E-state index in [0.717, 1.165) is 4.47 Å². The number of hydrogen-bond donors (Lipinski definition) is 0. The molecule has 0 saturated heterocycles. The van der Waals surface area contributed by atoms with Crippen molar-refractivity contribution in [2.24, 2.45) is 7.05 Å². The molecule has 2 rings (SSSR count). The fourth-order valence-electron chi connectivity index (χ4n) is 1.09. The van der Waals surface area contributed by atoms with Crippen molar-refractivity contribution in [3.63, 3.8) is 0 Å². The van der Waals surface area contributed by atoms with Crippen molar-refractivity contribution in [1.82, 2.24) is 19.8 Å². The maximum Gasteiger partial charge on any atom is 0.368 e. The molecule has 0 spiro atoms. The van der Waals surface area contributed by atoms with Crippen LogP contribution >= 0.6 is 15.9 Å². The summed E-state index contributed by atoms with van der Waals surface area (Å²) in [6.45, 7) is 0. The van der Waals surface area contributed by atoms with E-state index in [0.29, 0.717) is 5.69 Å². The number of aromatic nitrogens is 4. The summed E-state index contributed by atoms with van der Waals surface area (Å²) in [6, 6.07) is 7.34. The normalized spacial score (nSPS) is 10.4. The van der Waals surface area contributed by atoms with Crippen LogP contribution < -0.4 is 5.69 Å². The lowest BCUT2D eigenvalue weighted by molar-refractivity contribution is 0.693. The summed E-state index contributed by atoms with van der Waals surface area (Å²) in [6.07, 6.45) is 0. The van der Waals surface area contributed by atoms with Crippen LogP contribution in [0.5, 0.6) is 0 Å². The molecular weight excluding hydrogens is 248 g/mol. The second kappa shape index (κ2) is 3.38. The van der Waals surface area contributed by atoms with Crippen molar-refractivity contribution in [2.75, 3.05) is 0 Å². The van der Waals surface area contributed by atoms with Gasteiger partial charge in [0, 0.05) is 11.5 Å². The molecule has 14 heavy (non-hydrogen) atoms. The van der Waals surface area contributed by atoms with Gasteiger partial charge in [-0.1, -0.05) is 12.1 Å². The molecule has 5 nitrogen and oxygen atoms in total. The van der Waals surface area contributed by atoms with Gasteiger partial charge >= 0.3 is 5.69 Å². The molecule has 6 heteroatoms. The monoisotopic (exact) mass is 254 g/mol. The van der Waals surface area contributed by atoms with Gasteiger partial charge in [0.25, 0.3) is 0 Å². The number of tetrazole rings is 1. The number of aryl methyl sites for hydroxylation is 1. The lowest BCUT2D eigenvalue weighted by atomic mass is 10.3. The van der Waals surface area contributed by atoms with E-state index in [4.69, 9.17) is 0 Å². The fourth-order valence-corrected chi connectivity index (χ4v) is 1.54. The third-order valence-electron chi connectivity index (χ3n) is 1.80. The molecule has 0 saturated carbocycles. The average molecular weight is 255 g/mol. The molecule has 0 bridgehead atoms. The average Bonchev–Trinajstić information content (AvgIpc) is 2.49. The second-order valence-corrected chi connectivity index (χ2v) is 3.60. The minimum absolute atomic E-state index is 0.267. The van der Waals surface area contributed by atoms with Gasteiger partial charge in [0.15, 0.2) is 0 Å². The predicted molar refractivity (Wildman–Crippen MR) is 54.3 cm³/mol. The molecule has 0 fully saturated rings. The molecular formula is C8H7BrN4O. The second-order valence-electron chi connectivity index (χ2n) is 2.75. The van der Waals surface area contributed by atoms with Crippen molar-refractivity contribution in [1.29, 1.82) is 0 Å². The van der Waals surface area contributed by atoms with Crippen LogP contribution in [0, 0.1) is 0 Å². The summed E-state index contributed by atoms with van der Waals surface area (Å²) >= 11 is 3.34. The Labute approximate surface area is 88.1 Å². The Balaban J connectivity index is 2.67. The SMILES string of the molecule is Cn1nnn(-c2ccccc2Br)c1=O. The van der Waals surface area contributed by atoms with E-state index in [1.807, 2.05) is 18.2 Å². The Morgan fingerprint density at radius 3 is 2.57 bits per heavy atom. The standard InChI is InChI=1S/C8H7BrN4O/c1-12-8(14)13(11-10-12)7-5-3-2-4-6(7)9/h2-5H,1H3. The van der Waals surface area contributed by atoms with Gasteiger partial charge in [-0.15, -0.1) is 0 Å². The first-order chi connectivity index (χ1) is 6.70. The largest absolute Gasteiger partial charge is 0.368 e. The van der Waals surface area contributed by atoms with Crippen LogP contribution in [0.15, 0.2) is 33.5 Å². The van der Waals surface area contributed by atoms with Gasteiger partial charge in [-0.3, -0.25) is 0 Å². The third-order valence-corrected chi connectivity index (χ3v) is 2.47. The molecule has 1 aromatic carbocycles. The minimum Gasteiger partial charge on any atom is -0.244 e. The molecule has 1 aromatic heterocycles. The Morgan fingerprint density at radius 2 is 2.00 bits per heavy atom. The number of benzene rings is 1. The Hall–Kier alpha value is -1.43. The van der Waals surface area contributed by atoms with Crippen LogP contribution in [0.1, 0.15) is 0 Å². The fraction of sp³-hybridized carbons (Fsp3) is 0.125. The van der Waals surface area contributed by atoms with Crippen molar-refractivity contribution in [3.05, 3.63) is 39.2 Å². The molecule has 0 aliphatic carbocycles. The van der Waals surface area contributed by atoms with Gasteiger partial charge in [-0.25, -0.2) is 4.79 Å². The highest BCUT2D eigenvalue weighted by Crippen LogP contribution is 2.17. The highest BCUT2D eigenvalue weighted by Gasteiger charge is 2.07. The summed E-state index contributed by atoms with van der Waals surface area (Å²) < 4.78 is 3.23. The zero-order valence-electron chi connectivity index (χ0n) is 7.38. The summed E-state index contributed by atoms with van der Waals surface area (Å²) in [5, 5.41) is 7.36. The quantitative estimate of drug-likeness (QED) is 0.754. The molecule has 0 aliphatic heterocycles. The molecule has 0 N–H and O–H groups in total. The minimum atomic E-state index is -0.267. The molecule has 0 aliphatic rings. The van der Waals surface area contributed by atoms with Crippen molar-refractivity contribution >= 4 is 15.9 Å². The molecule has 0 radical (unpaired) electrons. The van der Waals surface area contributed by atoms with Crippen molar-refractivity contribution < 1.29 is 0 Å². The van der Waals surface area contributed by atoms with Gasteiger partial charge in [0.2, 0.25) is 0 Å². The lowest BCUT2D eigenvalue weighted by Crippen LogP contribution is -2.22. The zero-order valence-corrected chi connectivity index (χ0v) is 8.97. The van der Waals surface area contributed by atoms with Gasteiger partial charge in [0.1, 0.15) is 0 Å². The zero-order chi connectivity index (χ0) is 10.1. The van der Waals surface area contributed by atoms with Crippen molar-refractivity contribution in [3.8, 4) is 5.69 Å². The number of para-hydroxylation sites is 1. The van der Waals surface area contributed by atoms with Crippen LogP contribution in [-0.4, -0.2) is 19.8 Å². The Bertz CT molecular complexity index is 516. The van der Waals surface area contributed by atoms with E-state index < -0.39 is 0 Å². The number of halogens is 1. The van der Waals surface area contributed by atoms with E-state index >= 15 is 0 Å². The summed E-state index contributed by atoms with van der Waals surface area (Å²) in [5.41, 5.74) is 0.419. The Kier molecular flexibility index (Phi) is 2.20. The smallest absolute Gasteiger partial charge is 0.244 e. The first-order valence-corrected chi connectivity index (χ1v) is 4.73. The van der Waals surface area contributed by atoms with E-state index in [1.165, 1.54) is 9.36 Å². The first kappa shape index (κ1) is 9.14. The van der Waals surface area contributed by atoms with Crippen LogP contribution in [0.25, 0.3) is 5.69 Å². The summed E-state index contributed by atoms with van der Waals surface area (Å²) in [7, 11) is 1.56. The van der Waals surface area contributed by atoms with Crippen LogP contribution in [0.2, 0.25) is 0 Å². The number of nitrogens with zero attached hydrogens (tertiary/aromatic N) is 4. The van der Waals surface area contributed by atoms with E-state index in [-0.39, 0.29) is 5.69 Å². The summed E-state index contributed by atoms with van der Waals surface area (Å²) in [5.74, 6) is 0. The molecule has 0 atom stereocenters. The van der Waals surface area contributed by atoms with Crippen molar-refractivity contribution in [2.45, 2.75) is 0 Å². The molecule has 1 heterocycles. The Morgan fingerprint density at radius 1 is 1.29 bits per heavy atom. The topological polar surface area (TPSA) is 52.7 Å². The molecule has 72 valence electrons. The van der Waals surface area contributed by atoms with E-state index in [2.05, 4.69) is 26.4 Å². The number of hydrogen-bond acceptors (Lipinski definition) is 3. The van der Waals surface area contributed by atoms with Gasteiger partial charge in [-0.2, -0.15) is 9.36 Å². The maximum absolute atomic E-state index is 11.5. The highest BCUT2D eigenvalue weighted by molar-refractivity contribution is 9.10. The molecule has 2 aromatic rings. The lowest BCUT2D eigenvalue weighted by Gasteiger charge is -1.99. The molecule has 0 amide bonds. The maximum atomic E-state index is 11.5. The van der Waals surface area contributed by atoms with Crippen LogP contribution in [0.4, 0.5) is 0 Å². The van der Waals surface area contributed by atoms with E-state index in [9.17, 15) is 4.79 Å². The predicted octanol–water partition coefficient (Wildman–Crippen LogP) is 0.728. The van der Waals surface area contributed by atoms with Gasteiger partial charge in [-0.05, 0) is 38.5 Å². The van der Waals surface area contributed by atoms with Crippen LogP contribution in [-0.2, 0) is 7.05 Å². The first-order valence-electron chi connectivity index (χ1n) is 3.94. The van der Waals surface area contributed by atoms with Gasteiger partial charge in [0.05, 0.1) is 5.69 Å². The number of rotatable bonds is 1. The van der Waals surface area contributed by atoms with Gasteiger partial charge < -0.3 is 0 Å². The van der Waals surface area contributed by atoms with E-state index in [1.54, 1.807) is 13.1 Å². The van der Waals surface area contributed by atoms with Crippen LogP contribution in [0.3, 0.4) is 0 Å². The summed E-state index contributed by atoms with van der Waals surface area (Å²) in [4.78, 5) is 11.5.